The topological polar surface area (TPSA) is 80.5 Å². The van der Waals surface area contributed by atoms with Gasteiger partial charge in [-0.1, -0.05) is 6.07 Å². The normalized spacial score (nSPS) is 10.6. The van der Waals surface area contributed by atoms with Gasteiger partial charge in [0.25, 0.3) is 0 Å². The van der Waals surface area contributed by atoms with Crippen molar-refractivity contribution in [3.05, 3.63) is 48.5 Å². The van der Waals surface area contributed by atoms with Gasteiger partial charge in [0.05, 0.1) is 5.56 Å². The number of nitrogens with one attached hydrogen (secondary N) is 1. The van der Waals surface area contributed by atoms with Crippen molar-refractivity contribution >= 4 is 5.69 Å². The average molecular weight is 255 g/mol. The van der Waals surface area contributed by atoms with E-state index in [0.717, 1.165) is 5.56 Å². The Balaban J connectivity index is 2.07. The van der Waals surface area contributed by atoms with E-state index < -0.39 is 5.82 Å². The second-order valence-corrected chi connectivity index (χ2v) is 3.95. The highest BCUT2D eigenvalue weighted by Gasteiger charge is 2.14. The molecule has 0 saturated carbocycles. The first-order valence-electron chi connectivity index (χ1n) is 5.63. The second-order valence-electron chi connectivity index (χ2n) is 3.95. The lowest BCUT2D eigenvalue weighted by Gasteiger charge is -2.02. The summed E-state index contributed by atoms with van der Waals surface area (Å²) in [6.07, 6.45) is 3.28. The van der Waals surface area contributed by atoms with Crippen molar-refractivity contribution in [2.45, 2.75) is 0 Å². The molecule has 0 atom stereocenters. The molecule has 0 fully saturated rings. The number of nitrogens with zero attached hydrogens (tertiary/aromatic N) is 3. The van der Waals surface area contributed by atoms with E-state index >= 15 is 0 Å². The molecule has 0 amide bonds. The molecular weight excluding hydrogens is 245 g/mol. The predicted molar refractivity (Wildman–Crippen MR) is 69.4 cm³/mol. The summed E-state index contributed by atoms with van der Waals surface area (Å²) in [6, 6.07) is 8.05. The first-order valence-corrected chi connectivity index (χ1v) is 5.63. The molecule has 0 aliphatic rings. The first-order chi connectivity index (χ1) is 9.25. The zero-order valence-electron chi connectivity index (χ0n) is 9.84. The fourth-order valence-electron chi connectivity index (χ4n) is 1.79. The van der Waals surface area contributed by atoms with Crippen LogP contribution in [0.2, 0.25) is 0 Å². The van der Waals surface area contributed by atoms with Crippen molar-refractivity contribution in [3.63, 3.8) is 0 Å². The van der Waals surface area contributed by atoms with Crippen molar-refractivity contribution in [1.29, 1.82) is 0 Å². The van der Waals surface area contributed by atoms with Gasteiger partial charge in [0.1, 0.15) is 5.82 Å². The molecule has 0 radical (unpaired) electrons. The van der Waals surface area contributed by atoms with Crippen LogP contribution in [0.15, 0.2) is 42.7 Å². The molecule has 0 aliphatic carbocycles. The number of H-pyrrole nitrogens is 1. The van der Waals surface area contributed by atoms with E-state index in [1.54, 1.807) is 36.7 Å². The summed E-state index contributed by atoms with van der Waals surface area (Å²) in [6.45, 7) is 0. The van der Waals surface area contributed by atoms with E-state index in [0.29, 0.717) is 17.3 Å². The number of nitrogens with two attached hydrogens (primary N) is 1. The summed E-state index contributed by atoms with van der Waals surface area (Å²) in [7, 11) is 0. The minimum absolute atomic E-state index is 0.232. The molecular formula is C13H10FN5. The first kappa shape index (κ1) is 11.3. The van der Waals surface area contributed by atoms with E-state index in [-0.39, 0.29) is 5.56 Å². The number of benzene rings is 1. The van der Waals surface area contributed by atoms with Crippen molar-refractivity contribution in [2.24, 2.45) is 0 Å². The number of rotatable bonds is 2. The number of halogens is 1. The molecule has 1 aromatic carbocycles. The molecule has 5 nitrogen and oxygen atoms in total. The molecule has 6 heteroatoms. The third kappa shape index (κ3) is 2.03. The molecule has 0 spiro atoms. The Kier molecular flexibility index (Phi) is 2.68. The van der Waals surface area contributed by atoms with Crippen LogP contribution < -0.4 is 5.73 Å². The van der Waals surface area contributed by atoms with Gasteiger partial charge < -0.3 is 5.73 Å². The maximum Gasteiger partial charge on any atom is 0.181 e. The molecule has 94 valence electrons. The molecule has 3 rings (SSSR count). The smallest absolute Gasteiger partial charge is 0.181 e. The number of pyridine rings is 1. The Morgan fingerprint density at radius 3 is 2.63 bits per heavy atom. The maximum absolute atomic E-state index is 13.8. The Morgan fingerprint density at radius 2 is 1.89 bits per heavy atom. The van der Waals surface area contributed by atoms with Crippen LogP contribution in [0.4, 0.5) is 10.1 Å². The third-order valence-electron chi connectivity index (χ3n) is 2.71. The standard InChI is InChI=1S/C13H10FN5/c14-9-2-1-3-10(15)11(9)13-17-12(18-19-13)8-4-6-16-7-5-8/h1-7H,15H2,(H,17,18,19). The number of nitrogen functional groups attached to an aromatic ring is 1. The lowest BCUT2D eigenvalue weighted by molar-refractivity contribution is 0.630. The van der Waals surface area contributed by atoms with Gasteiger partial charge in [-0.25, -0.2) is 9.37 Å². The quantitative estimate of drug-likeness (QED) is 0.688. The second kappa shape index (κ2) is 4.49. The van der Waals surface area contributed by atoms with Gasteiger partial charge in [-0.3, -0.25) is 10.1 Å². The van der Waals surface area contributed by atoms with Crippen molar-refractivity contribution in [1.82, 2.24) is 20.2 Å². The molecule has 0 saturated heterocycles. The van der Waals surface area contributed by atoms with Crippen LogP contribution in [0, 0.1) is 5.82 Å². The number of hydrogen-bond acceptors (Lipinski definition) is 4. The minimum Gasteiger partial charge on any atom is -0.398 e. The highest BCUT2D eigenvalue weighted by Crippen LogP contribution is 2.27. The predicted octanol–water partition coefficient (Wildman–Crippen LogP) is 2.25. The van der Waals surface area contributed by atoms with Crippen LogP contribution >= 0.6 is 0 Å². The van der Waals surface area contributed by atoms with Gasteiger partial charge in [-0.05, 0) is 24.3 Å². The number of hydrogen-bond donors (Lipinski definition) is 2. The van der Waals surface area contributed by atoms with Gasteiger partial charge in [-0.2, -0.15) is 5.10 Å². The van der Waals surface area contributed by atoms with Crippen LogP contribution in [0.3, 0.4) is 0 Å². The Hall–Kier alpha value is -2.76. The molecule has 2 aromatic heterocycles. The van der Waals surface area contributed by atoms with Gasteiger partial charge in [-0.15, -0.1) is 0 Å². The van der Waals surface area contributed by atoms with Crippen LogP contribution in [-0.2, 0) is 0 Å². The molecule has 0 bridgehead atoms. The van der Waals surface area contributed by atoms with Crippen molar-refractivity contribution < 1.29 is 4.39 Å². The van der Waals surface area contributed by atoms with E-state index in [4.69, 9.17) is 5.73 Å². The van der Waals surface area contributed by atoms with Gasteiger partial charge in [0.2, 0.25) is 0 Å². The van der Waals surface area contributed by atoms with E-state index in [1.807, 2.05) is 0 Å². The van der Waals surface area contributed by atoms with Crippen LogP contribution in [0.1, 0.15) is 0 Å². The molecule has 19 heavy (non-hydrogen) atoms. The lowest BCUT2D eigenvalue weighted by Crippen LogP contribution is -1.94. The fourth-order valence-corrected chi connectivity index (χ4v) is 1.79. The Morgan fingerprint density at radius 1 is 1.11 bits per heavy atom. The Labute approximate surface area is 108 Å². The SMILES string of the molecule is Nc1cccc(F)c1-c1nc(-c2ccncc2)n[nH]1. The van der Waals surface area contributed by atoms with Crippen molar-refractivity contribution in [2.75, 3.05) is 5.73 Å². The summed E-state index contributed by atoms with van der Waals surface area (Å²) in [5.74, 6) is 0.347. The number of aromatic nitrogens is 4. The van der Waals surface area contributed by atoms with Crippen LogP contribution in [0.5, 0.6) is 0 Å². The minimum atomic E-state index is -0.433. The highest BCUT2D eigenvalue weighted by atomic mass is 19.1. The van der Waals surface area contributed by atoms with Gasteiger partial charge >= 0.3 is 0 Å². The summed E-state index contributed by atoms with van der Waals surface area (Å²) in [5.41, 5.74) is 7.11. The van der Waals surface area contributed by atoms with E-state index in [1.165, 1.54) is 6.07 Å². The van der Waals surface area contributed by atoms with E-state index in [2.05, 4.69) is 20.2 Å². The largest absolute Gasteiger partial charge is 0.398 e. The summed E-state index contributed by atoms with van der Waals surface area (Å²) >= 11 is 0. The molecule has 3 aromatic rings. The molecule has 0 unspecified atom stereocenters. The van der Waals surface area contributed by atoms with Crippen LogP contribution in [0.25, 0.3) is 22.8 Å². The van der Waals surface area contributed by atoms with Gasteiger partial charge in [0, 0.05) is 23.6 Å². The third-order valence-corrected chi connectivity index (χ3v) is 2.71. The average Bonchev–Trinajstić information content (AvgIpc) is 2.89. The lowest BCUT2D eigenvalue weighted by atomic mass is 10.1. The van der Waals surface area contributed by atoms with Crippen LogP contribution in [-0.4, -0.2) is 20.2 Å². The van der Waals surface area contributed by atoms with Crippen molar-refractivity contribution in [3.8, 4) is 22.8 Å². The summed E-state index contributed by atoms with van der Waals surface area (Å²) in [4.78, 5) is 8.18. The zero-order chi connectivity index (χ0) is 13.2. The number of aromatic amines is 1. The monoisotopic (exact) mass is 255 g/mol. The van der Waals surface area contributed by atoms with Gasteiger partial charge in [0.15, 0.2) is 11.6 Å². The molecule has 3 N–H and O–H groups in total. The molecule has 0 aliphatic heterocycles. The number of anilines is 1. The highest BCUT2D eigenvalue weighted by molar-refractivity contribution is 5.73. The zero-order valence-corrected chi connectivity index (χ0v) is 9.84. The van der Waals surface area contributed by atoms with E-state index in [9.17, 15) is 4.39 Å². The molecule has 2 heterocycles. The maximum atomic E-state index is 13.8. The fraction of sp³-hybridized carbons (Fsp3) is 0. The Bertz CT molecular complexity index is 688. The summed E-state index contributed by atoms with van der Waals surface area (Å²) < 4.78 is 13.8. The summed E-state index contributed by atoms with van der Waals surface area (Å²) in [5, 5.41) is 6.76.